The molecule has 186 valence electrons. The molecule has 2 atom stereocenters. The monoisotopic (exact) mass is 544 g/mol. The second-order valence-electron chi connectivity index (χ2n) is 8.56. The number of amides is 2. The number of benzene rings is 2. The number of nitrogens with one attached hydrogen (secondary N) is 1. The van der Waals surface area contributed by atoms with Crippen molar-refractivity contribution in [3.8, 4) is 5.75 Å². The summed E-state index contributed by atoms with van der Waals surface area (Å²) in [6, 6.07) is 13.8. The van der Waals surface area contributed by atoms with Crippen LogP contribution in [0.25, 0.3) is 0 Å². The van der Waals surface area contributed by atoms with Gasteiger partial charge in [0, 0.05) is 31.7 Å². The summed E-state index contributed by atoms with van der Waals surface area (Å²) in [7, 11) is 0. The van der Waals surface area contributed by atoms with E-state index < -0.39 is 12.0 Å². The lowest BCUT2D eigenvalue weighted by atomic mass is 10.1. The number of piperazine rings is 1. The van der Waals surface area contributed by atoms with Crippen LogP contribution in [0.4, 0.5) is 0 Å². The lowest BCUT2D eigenvalue weighted by Gasteiger charge is -2.34. The van der Waals surface area contributed by atoms with Crippen molar-refractivity contribution in [1.29, 1.82) is 0 Å². The summed E-state index contributed by atoms with van der Waals surface area (Å²) >= 11 is 3.47. The van der Waals surface area contributed by atoms with Gasteiger partial charge < -0.3 is 24.4 Å². The minimum atomic E-state index is -0.922. The van der Waals surface area contributed by atoms with E-state index in [0.29, 0.717) is 41.9 Å². The van der Waals surface area contributed by atoms with Gasteiger partial charge in [-0.05, 0) is 52.5 Å². The standard InChI is InChI=1S/C26H29BrN2O6/c27-21-15-19(8-9-23(21)35-17-20-7-4-13-33-20)26(32)29-12-11-28-25(31)22(29)16-24(30)34-14-10-18-5-2-1-3-6-18/h1-3,5-6,8-9,15,20,22H,4,7,10-14,16-17H2,(H,28,31). The minimum Gasteiger partial charge on any atom is -0.490 e. The highest BCUT2D eigenvalue weighted by molar-refractivity contribution is 9.10. The van der Waals surface area contributed by atoms with Crippen LogP contribution >= 0.6 is 15.9 Å². The van der Waals surface area contributed by atoms with Crippen molar-refractivity contribution >= 4 is 33.7 Å². The SMILES string of the molecule is O=C(CC1C(=O)NCCN1C(=O)c1ccc(OCC2CCCO2)c(Br)c1)OCCc1ccccc1. The first-order valence-electron chi connectivity index (χ1n) is 11.8. The molecule has 9 heteroatoms. The molecule has 0 bridgehead atoms. The zero-order valence-electron chi connectivity index (χ0n) is 19.4. The molecule has 2 aromatic carbocycles. The van der Waals surface area contributed by atoms with Crippen LogP contribution in [-0.4, -0.2) is 67.7 Å². The van der Waals surface area contributed by atoms with Crippen molar-refractivity contribution in [1.82, 2.24) is 10.2 Å². The molecule has 0 aliphatic carbocycles. The highest BCUT2D eigenvalue weighted by Crippen LogP contribution is 2.28. The van der Waals surface area contributed by atoms with E-state index in [4.69, 9.17) is 14.2 Å². The molecule has 0 spiro atoms. The zero-order valence-corrected chi connectivity index (χ0v) is 21.0. The normalized spacial score (nSPS) is 19.8. The summed E-state index contributed by atoms with van der Waals surface area (Å²) in [6.07, 6.45) is 2.48. The second-order valence-corrected chi connectivity index (χ2v) is 9.41. The largest absolute Gasteiger partial charge is 0.490 e. The van der Waals surface area contributed by atoms with Gasteiger partial charge in [-0.2, -0.15) is 0 Å². The summed E-state index contributed by atoms with van der Waals surface area (Å²) in [5, 5.41) is 2.74. The van der Waals surface area contributed by atoms with Gasteiger partial charge in [0.05, 0.1) is 23.6 Å². The van der Waals surface area contributed by atoms with Crippen LogP contribution in [0.2, 0.25) is 0 Å². The van der Waals surface area contributed by atoms with E-state index in [2.05, 4.69) is 21.2 Å². The van der Waals surface area contributed by atoms with Gasteiger partial charge in [-0.3, -0.25) is 14.4 Å². The number of esters is 1. The maximum Gasteiger partial charge on any atom is 0.308 e. The van der Waals surface area contributed by atoms with E-state index in [9.17, 15) is 14.4 Å². The molecule has 2 unspecified atom stereocenters. The average molecular weight is 545 g/mol. The Kier molecular flexibility index (Phi) is 8.76. The molecule has 0 radical (unpaired) electrons. The fourth-order valence-electron chi connectivity index (χ4n) is 4.18. The fourth-order valence-corrected chi connectivity index (χ4v) is 4.67. The molecule has 0 aromatic heterocycles. The quantitative estimate of drug-likeness (QED) is 0.487. The minimum absolute atomic E-state index is 0.0864. The first-order valence-corrected chi connectivity index (χ1v) is 12.6. The van der Waals surface area contributed by atoms with Gasteiger partial charge in [0.2, 0.25) is 5.91 Å². The number of nitrogens with zero attached hydrogens (tertiary/aromatic N) is 1. The van der Waals surface area contributed by atoms with Gasteiger partial charge in [0.25, 0.3) is 5.91 Å². The molecule has 2 aliphatic rings. The molecule has 2 amide bonds. The van der Waals surface area contributed by atoms with Crippen LogP contribution in [0.3, 0.4) is 0 Å². The van der Waals surface area contributed by atoms with Gasteiger partial charge in [0.1, 0.15) is 18.4 Å². The molecule has 2 heterocycles. The predicted molar refractivity (Wildman–Crippen MR) is 132 cm³/mol. The Hall–Kier alpha value is -2.91. The van der Waals surface area contributed by atoms with Crippen molar-refractivity contribution < 1.29 is 28.6 Å². The molecule has 1 N–H and O–H groups in total. The number of ether oxygens (including phenoxy) is 3. The lowest BCUT2D eigenvalue weighted by Crippen LogP contribution is -2.57. The van der Waals surface area contributed by atoms with E-state index in [-0.39, 0.29) is 30.9 Å². The molecule has 2 fully saturated rings. The Bertz CT molecular complexity index is 1040. The van der Waals surface area contributed by atoms with Gasteiger partial charge in [-0.25, -0.2) is 0 Å². The topological polar surface area (TPSA) is 94.2 Å². The van der Waals surface area contributed by atoms with Crippen molar-refractivity contribution in [3.05, 3.63) is 64.1 Å². The Morgan fingerprint density at radius 3 is 2.74 bits per heavy atom. The Labute approximate surface area is 213 Å². The smallest absolute Gasteiger partial charge is 0.308 e. The summed E-state index contributed by atoms with van der Waals surface area (Å²) < 4.78 is 17.4. The summed E-state index contributed by atoms with van der Waals surface area (Å²) in [4.78, 5) is 39.7. The first kappa shape index (κ1) is 25.2. The maximum atomic E-state index is 13.3. The van der Waals surface area contributed by atoms with Crippen LogP contribution in [0.1, 0.15) is 35.2 Å². The number of hydrogen-bond donors (Lipinski definition) is 1. The van der Waals surface area contributed by atoms with Gasteiger partial charge in [-0.15, -0.1) is 0 Å². The summed E-state index contributed by atoms with van der Waals surface area (Å²) in [6.45, 7) is 2.06. The Morgan fingerprint density at radius 1 is 1.17 bits per heavy atom. The molecule has 2 saturated heterocycles. The predicted octanol–water partition coefficient (Wildman–Crippen LogP) is 3.12. The van der Waals surface area contributed by atoms with Crippen LogP contribution < -0.4 is 10.1 Å². The molecule has 2 aliphatic heterocycles. The van der Waals surface area contributed by atoms with Crippen molar-refractivity contribution in [3.63, 3.8) is 0 Å². The van der Waals surface area contributed by atoms with Crippen LogP contribution in [0.15, 0.2) is 53.0 Å². The van der Waals surface area contributed by atoms with Gasteiger partial charge in [0.15, 0.2) is 0 Å². The van der Waals surface area contributed by atoms with Crippen LogP contribution in [0, 0.1) is 0 Å². The number of rotatable bonds is 9. The number of halogens is 1. The van der Waals surface area contributed by atoms with Gasteiger partial charge >= 0.3 is 5.97 Å². The average Bonchev–Trinajstić information content (AvgIpc) is 3.38. The number of carbonyl (C=O) groups excluding carboxylic acids is 3. The number of hydrogen-bond acceptors (Lipinski definition) is 6. The molecule has 8 nitrogen and oxygen atoms in total. The lowest BCUT2D eigenvalue weighted by molar-refractivity contribution is -0.147. The van der Waals surface area contributed by atoms with E-state index in [1.165, 1.54) is 4.90 Å². The van der Waals surface area contributed by atoms with E-state index in [1.807, 2.05) is 30.3 Å². The molecular formula is C26H29BrN2O6. The Balaban J connectivity index is 1.35. The van der Waals surface area contributed by atoms with Crippen LogP contribution in [-0.2, 0) is 25.5 Å². The van der Waals surface area contributed by atoms with E-state index in [1.54, 1.807) is 18.2 Å². The molecule has 2 aromatic rings. The van der Waals surface area contributed by atoms with E-state index in [0.717, 1.165) is 25.0 Å². The van der Waals surface area contributed by atoms with Gasteiger partial charge in [-0.1, -0.05) is 30.3 Å². The Morgan fingerprint density at radius 2 is 2.00 bits per heavy atom. The first-order chi connectivity index (χ1) is 17.0. The zero-order chi connectivity index (χ0) is 24.6. The summed E-state index contributed by atoms with van der Waals surface area (Å²) in [5.41, 5.74) is 1.46. The molecule has 35 heavy (non-hydrogen) atoms. The summed E-state index contributed by atoms with van der Waals surface area (Å²) in [5.74, 6) is -0.583. The molecule has 4 rings (SSSR count). The third kappa shape index (κ3) is 6.82. The second kappa shape index (κ2) is 12.2. The third-order valence-electron chi connectivity index (χ3n) is 6.08. The highest BCUT2D eigenvalue weighted by Gasteiger charge is 2.35. The maximum absolute atomic E-state index is 13.3. The number of carbonyl (C=O) groups is 3. The van der Waals surface area contributed by atoms with Crippen molar-refractivity contribution in [2.24, 2.45) is 0 Å². The highest BCUT2D eigenvalue weighted by atomic mass is 79.9. The molecule has 0 saturated carbocycles. The van der Waals surface area contributed by atoms with Crippen molar-refractivity contribution in [2.45, 2.75) is 37.8 Å². The fraction of sp³-hybridized carbons (Fsp3) is 0.423. The van der Waals surface area contributed by atoms with E-state index >= 15 is 0 Å². The van der Waals surface area contributed by atoms with Crippen molar-refractivity contribution in [2.75, 3.05) is 32.9 Å². The molecular weight excluding hydrogens is 516 g/mol. The third-order valence-corrected chi connectivity index (χ3v) is 6.70. The van der Waals surface area contributed by atoms with Crippen LogP contribution in [0.5, 0.6) is 5.75 Å².